The molecule has 8 heteroatoms. The lowest BCUT2D eigenvalue weighted by Crippen LogP contribution is -2.25. The molecule has 2 bridgehead atoms. The van der Waals surface area contributed by atoms with Crippen molar-refractivity contribution in [1.29, 1.82) is 5.26 Å². The van der Waals surface area contributed by atoms with E-state index in [0.29, 0.717) is 53.1 Å². The maximum Gasteiger partial charge on any atom is 0.262 e. The van der Waals surface area contributed by atoms with Gasteiger partial charge in [-0.15, -0.1) is 0 Å². The van der Waals surface area contributed by atoms with Crippen molar-refractivity contribution in [3.8, 4) is 29.4 Å². The van der Waals surface area contributed by atoms with Crippen LogP contribution < -0.4 is 4.74 Å². The molecule has 2 aliphatic heterocycles. The van der Waals surface area contributed by atoms with Gasteiger partial charge in [-0.3, -0.25) is 4.57 Å². The number of hydrogen-bond donors (Lipinski definition) is 2. The topological polar surface area (TPSA) is 114 Å². The zero-order valence-electron chi connectivity index (χ0n) is 21.0. The van der Waals surface area contributed by atoms with E-state index in [1.165, 1.54) is 4.57 Å². The monoisotopic (exact) mass is 507 g/mol. The Morgan fingerprint density at radius 3 is 2.58 bits per heavy atom. The third kappa shape index (κ3) is 2.91. The highest BCUT2D eigenvalue weighted by Crippen LogP contribution is 2.65. The van der Waals surface area contributed by atoms with Gasteiger partial charge in [0, 0.05) is 17.2 Å². The minimum absolute atomic E-state index is 0.0460. The number of nitriles is 1. The first-order chi connectivity index (χ1) is 18.4. The molecule has 1 saturated heterocycles. The van der Waals surface area contributed by atoms with Crippen LogP contribution >= 0.6 is 0 Å². The Balaban J connectivity index is 1.28. The van der Waals surface area contributed by atoms with Gasteiger partial charge in [-0.05, 0) is 55.6 Å². The summed E-state index contributed by atoms with van der Waals surface area (Å²) in [5, 5.41) is 39.1. The van der Waals surface area contributed by atoms with Crippen LogP contribution in [0.1, 0.15) is 48.4 Å². The van der Waals surface area contributed by atoms with Crippen LogP contribution in [-0.2, 0) is 15.9 Å². The fourth-order valence-corrected chi connectivity index (χ4v) is 6.41. The van der Waals surface area contributed by atoms with Gasteiger partial charge in [-0.2, -0.15) is 5.26 Å². The number of aromatic nitrogens is 2. The summed E-state index contributed by atoms with van der Waals surface area (Å²) >= 11 is 0. The highest BCUT2D eigenvalue weighted by Gasteiger charge is 2.61. The molecule has 2 aliphatic rings. The molecule has 5 aromatic rings. The maximum atomic E-state index is 11.6. The highest BCUT2D eigenvalue weighted by molar-refractivity contribution is 5.95. The van der Waals surface area contributed by atoms with Crippen molar-refractivity contribution >= 4 is 21.7 Å². The molecule has 0 aliphatic carbocycles. The molecule has 0 saturated carbocycles. The fourth-order valence-electron chi connectivity index (χ4n) is 6.41. The number of hydrogen-bond acceptors (Lipinski definition) is 7. The SMILES string of the molecule is Cc1cccc2c(OCC[C@]34CC[C@](C)(O3)c3c4c(O)n(-c4ccc(C#N)c5ccccc45)c3O)noc12. The number of aromatic hydroxyl groups is 2. The molecule has 0 spiro atoms. The van der Waals surface area contributed by atoms with Crippen molar-refractivity contribution in [3.05, 3.63) is 76.9 Å². The standard InChI is InChI=1S/C30H25N3O5/c1-17-6-5-9-21-25(17)37-32-26(21)36-15-14-30-13-12-29(2,38-30)23-24(30)28(35)33(27(23)34)22-11-10-18(16-31)19-7-3-4-8-20(19)22/h3-11,34-35H,12-15H2,1-2H3/t29-,30-/m0/s1. The first-order valence-corrected chi connectivity index (χ1v) is 12.6. The van der Waals surface area contributed by atoms with E-state index in [0.717, 1.165) is 21.7 Å². The molecule has 2 atom stereocenters. The number of para-hydroxylation sites is 1. The lowest BCUT2D eigenvalue weighted by Gasteiger charge is -2.26. The van der Waals surface area contributed by atoms with Gasteiger partial charge in [0.2, 0.25) is 11.8 Å². The summed E-state index contributed by atoms with van der Waals surface area (Å²) in [6, 6.07) is 19.0. The maximum absolute atomic E-state index is 11.6. The van der Waals surface area contributed by atoms with Gasteiger partial charge in [-0.25, -0.2) is 0 Å². The van der Waals surface area contributed by atoms with Gasteiger partial charge in [0.1, 0.15) is 5.60 Å². The van der Waals surface area contributed by atoms with Gasteiger partial charge in [-0.1, -0.05) is 36.4 Å². The molecule has 4 heterocycles. The average molecular weight is 508 g/mol. The van der Waals surface area contributed by atoms with Gasteiger partial charge in [0.15, 0.2) is 5.58 Å². The molecule has 1 fully saturated rings. The zero-order chi connectivity index (χ0) is 26.2. The Morgan fingerprint density at radius 1 is 1.00 bits per heavy atom. The Bertz CT molecular complexity index is 1810. The summed E-state index contributed by atoms with van der Waals surface area (Å²) in [6.45, 7) is 4.20. The van der Waals surface area contributed by atoms with Crippen molar-refractivity contribution in [3.63, 3.8) is 0 Å². The Labute approximate surface area is 218 Å². The summed E-state index contributed by atoms with van der Waals surface area (Å²) < 4.78 is 19.6. The van der Waals surface area contributed by atoms with Crippen molar-refractivity contribution in [2.45, 2.75) is 44.3 Å². The van der Waals surface area contributed by atoms with Gasteiger partial charge in [0.05, 0.1) is 46.0 Å². The van der Waals surface area contributed by atoms with Gasteiger partial charge in [0.25, 0.3) is 5.88 Å². The van der Waals surface area contributed by atoms with Crippen LogP contribution in [0.25, 0.3) is 27.4 Å². The Kier molecular flexibility index (Phi) is 4.64. The van der Waals surface area contributed by atoms with Crippen molar-refractivity contribution in [1.82, 2.24) is 9.72 Å². The molecule has 2 N–H and O–H groups in total. The van der Waals surface area contributed by atoms with Crippen molar-refractivity contribution in [2.24, 2.45) is 0 Å². The smallest absolute Gasteiger partial charge is 0.262 e. The van der Waals surface area contributed by atoms with Crippen LogP contribution in [0, 0.1) is 18.3 Å². The number of ether oxygens (including phenoxy) is 2. The number of rotatable bonds is 5. The molecule has 2 aromatic heterocycles. The van der Waals surface area contributed by atoms with Crippen LogP contribution in [0.3, 0.4) is 0 Å². The van der Waals surface area contributed by atoms with E-state index in [2.05, 4.69) is 11.2 Å². The normalized spacial score (nSPS) is 21.7. The number of nitrogens with zero attached hydrogens (tertiary/aromatic N) is 3. The van der Waals surface area contributed by atoms with Gasteiger partial charge >= 0.3 is 0 Å². The molecule has 38 heavy (non-hydrogen) atoms. The summed E-state index contributed by atoms with van der Waals surface area (Å²) in [7, 11) is 0. The highest BCUT2D eigenvalue weighted by atomic mass is 16.6. The number of fused-ring (bicyclic) bond motifs is 7. The zero-order valence-corrected chi connectivity index (χ0v) is 21.0. The average Bonchev–Trinajstić information content (AvgIpc) is 3.63. The third-order valence-electron chi connectivity index (χ3n) is 8.20. The lowest BCUT2D eigenvalue weighted by molar-refractivity contribution is -0.0877. The lowest BCUT2D eigenvalue weighted by atomic mass is 9.78. The van der Waals surface area contributed by atoms with E-state index in [9.17, 15) is 15.5 Å². The summed E-state index contributed by atoms with van der Waals surface area (Å²) in [5.74, 6) is 0.321. The molecular formula is C30H25N3O5. The predicted molar refractivity (Wildman–Crippen MR) is 140 cm³/mol. The second-order valence-corrected chi connectivity index (χ2v) is 10.4. The quantitative estimate of drug-likeness (QED) is 0.297. The summed E-state index contributed by atoms with van der Waals surface area (Å²) in [4.78, 5) is 0. The summed E-state index contributed by atoms with van der Waals surface area (Å²) in [5.41, 5.74) is 2.47. The number of benzene rings is 3. The van der Waals surface area contributed by atoms with Crippen molar-refractivity contribution in [2.75, 3.05) is 6.61 Å². The van der Waals surface area contributed by atoms with Crippen molar-refractivity contribution < 1.29 is 24.2 Å². The second kappa shape index (κ2) is 7.76. The third-order valence-corrected chi connectivity index (χ3v) is 8.20. The molecule has 8 nitrogen and oxygen atoms in total. The van der Waals surface area contributed by atoms with E-state index in [1.54, 1.807) is 12.1 Å². The van der Waals surface area contributed by atoms with E-state index < -0.39 is 11.2 Å². The van der Waals surface area contributed by atoms with Crippen LogP contribution in [0.4, 0.5) is 0 Å². The first-order valence-electron chi connectivity index (χ1n) is 12.6. The minimum Gasteiger partial charge on any atom is -0.494 e. The van der Waals surface area contributed by atoms with Gasteiger partial charge < -0.3 is 24.2 Å². The Hall–Kier alpha value is -4.48. The second-order valence-electron chi connectivity index (χ2n) is 10.4. The van der Waals surface area contributed by atoms with Crippen LogP contribution in [0.5, 0.6) is 17.6 Å². The number of aryl methyl sites for hydroxylation is 1. The van der Waals surface area contributed by atoms with Crippen LogP contribution in [0.15, 0.2) is 59.1 Å². The molecule has 190 valence electrons. The first kappa shape index (κ1) is 22.7. The minimum atomic E-state index is -0.811. The van der Waals surface area contributed by atoms with E-state index >= 15 is 0 Å². The molecule has 0 unspecified atom stereocenters. The molecule has 7 rings (SSSR count). The van der Waals surface area contributed by atoms with Crippen LogP contribution in [-0.4, -0.2) is 26.5 Å². The molecular weight excluding hydrogens is 482 g/mol. The molecule has 0 radical (unpaired) electrons. The van der Waals surface area contributed by atoms with E-state index in [4.69, 9.17) is 14.0 Å². The largest absolute Gasteiger partial charge is 0.494 e. The molecule has 3 aromatic carbocycles. The van der Waals surface area contributed by atoms with Crippen LogP contribution in [0.2, 0.25) is 0 Å². The van der Waals surface area contributed by atoms with E-state index in [-0.39, 0.29) is 18.4 Å². The summed E-state index contributed by atoms with van der Waals surface area (Å²) in [6.07, 6.45) is 1.85. The molecule has 0 amide bonds. The fraction of sp³-hybridized carbons (Fsp3) is 0.267. The predicted octanol–water partition coefficient (Wildman–Crippen LogP) is 6.07. The van der Waals surface area contributed by atoms with E-state index in [1.807, 2.05) is 56.3 Å². The Morgan fingerprint density at radius 2 is 1.76 bits per heavy atom.